The first-order valence-corrected chi connectivity index (χ1v) is 11.5. The highest BCUT2D eigenvalue weighted by Gasteiger charge is 2.28. The van der Waals surface area contributed by atoms with Gasteiger partial charge in [-0.3, -0.25) is 4.79 Å². The van der Waals surface area contributed by atoms with E-state index in [0.29, 0.717) is 19.0 Å². The number of ether oxygens (including phenoxy) is 2. The van der Waals surface area contributed by atoms with E-state index >= 15 is 0 Å². The quantitative estimate of drug-likeness (QED) is 0.582. The third kappa shape index (κ3) is 4.52. The van der Waals surface area contributed by atoms with Crippen LogP contribution in [0.2, 0.25) is 0 Å². The third-order valence-electron chi connectivity index (χ3n) is 5.24. The molecule has 1 fully saturated rings. The average Bonchev–Trinajstić information content (AvgIpc) is 3.37. The van der Waals surface area contributed by atoms with Gasteiger partial charge in [0.2, 0.25) is 10.0 Å². The summed E-state index contributed by atoms with van der Waals surface area (Å²) >= 11 is 0. The van der Waals surface area contributed by atoms with E-state index < -0.39 is 15.9 Å². The topological polar surface area (TPSA) is 103 Å². The van der Waals surface area contributed by atoms with Crippen LogP contribution in [0.4, 0.5) is 0 Å². The number of rotatable bonds is 7. The average molecular weight is 457 g/mol. The van der Waals surface area contributed by atoms with E-state index in [9.17, 15) is 13.2 Å². The Morgan fingerprint density at radius 1 is 1.19 bits per heavy atom. The van der Waals surface area contributed by atoms with Gasteiger partial charge in [-0.15, -0.1) is 0 Å². The molecule has 1 N–H and O–H groups in total. The Labute approximate surface area is 186 Å². The number of hydrogen-bond acceptors (Lipinski definition) is 6. The molecule has 0 unspecified atom stereocenters. The Hall–Kier alpha value is -3.21. The maximum absolute atomic E-state index is 13.0. The number of nitrogens with zero attached hydrogens (tertiary/aromatic N) is 3. The van der Waals surface area contributed by atoms with Gasteiger partial charge in [-0.05, 0) is 29.8 Å². The monoisotopic (exact) mass is 456 g/mol. The summed E-state index contributed by atoms with van der Waals surface area (Å²) in [5, 5.41) is 2.87. The van der Waals surface area contributed by atoms with Gasteiger partial charge in [0.25, 0.3) is 5.91 Å². The summed E-state index contributed by atoms with van der Waals surface area (Å²) in [6, 6.07) is 11.9. The smallest absolute Gasteiger partial charge is 0.255 e. The minimum Gasteiger partial charge on any atom is -0.496 e. The number of sulfonamides is 1. The molecule has 3 aromatic rings. The van der Waals surface area contributed by atoms with E-state index in [-0.39, 0.29) is 30.1 Å². The van der Waals surface area contributed by atoms with E-state index in [1.54, 1.807) is 12.5 Å². The van der Waals surface area contributed by atoms with Crippen LogP contribution in [0.1, 0.15) is 15.9 Å². The Bertz CT molecular complexity index is 1190. The maximum Gasteiger partial charge on any atom is 0.255 e. The predicted octanol–water partition coefficient (Wildman–Crippen LogP) is 1.83. The lowest BCUT2D eigenvalue weighted by atomic mass is 10.1. The van der Waals surface area contributed by atoms with E-state index in [1.165, 1.54) is 29.6 Å². The summed E-state index contributed by atoms with van der Waals surface area (Å²) in [6.45, 7) is 1.50. The van der Waals surface area contributed by atoms with Gasteiger partial charge in [0.15, 0.2) is 0 Å². The molecule has 0 atom stereocenters. The lowest BCUT2D eigenvalue weighted by Crippen LogP contribution is -2.40. The Balaban J connectivity index is 1.57. The molecule has 1 amide bonds. The number of morpholine rings is 1. The van der Waals surface area contributed by atoms with Crippen molar-refractivity contribution in [2.24, 2.45) is 0 Å². The van der Waals surface area contributed by atoms with E-state index in [0.717, 1.165) is 11.3 Å². The molecule has 0 aliphatic carbocycles. The van der Waals surface area contributed by atoms with Crippen molar-refractivity contribution >= 4 is 15.9 Å². The molecule has 1 aliphatic rings. The van der Waals surface area contributed by atoms with Crippen molar-refractivity contribution in [2.45, 2.75) is 11.4 Å². The standard InChI is InChI=1S/C22H24N4O5S/c1-30-21-7-6-18(32(28,29)26-10-12-31-13-11-26)14-19(21)22(27)24-15-17-4-2-3-5-20(17)25-9-8-23-16-25/h2-9,14,16H,10-13,15H2,1H3,(H,24,27). The second-order valence-corrected chi connectivity index (χ2v) is 9.10. The van der Waals surface area contributed by atoms with Crippen LogP contribution in [0.5, 0.6) is 5.75 Å². The summed E-state index contributed by atoms with van der Waals surface area (Å²) in [5.74, 6) is -0.132. The first-order chi connectivity index (χ1) is 15.5. The molecule has 0 saturated carbocycles. The zero-order valence-corrected chi connectivity index (χ0v) is 18.4. The van der Waals surface area contributed by atoms with Gasteiger partial charge in [-0.25, -0.2) is 13.4 Å². The summed E-state index contributed by atoms with van der Waals surface area (Å²) in [6.07, 6.45) is 5.19. The summed E-state index contributed by atoms with van der Waals surface area (Å²) < 4.78 is 39.8. The summed E-state index contributed by atoms with van der Waals surface area (Å²) in [5.41, 5.74) is 1.93. The van der Waals surface area contributed by atoms with Gasteiger partial charge in [-0.1, -0.05) is 18.2 Å². The van der Waals surface area contributed by atoms with Crippen LogP contribution >= 0.6 is 0 Å². The Morgan fingerprint density at radius 3 is 2.69 bits per heavy atom. The number of methoxy groups -OCH3 is 1. The fraction of sp³-hybridized carbons (Fsp3) is 0.273. The van der Waals surface area contributed by atoms with Crippen LogP contribution in [-0.4, -0.2) is 61.6 Å². The molecule has 1 aliphatic heterocycles. The van der Waals surface area contributed by atoms with Crippen molar-refractivity contribution in [3.05, 3.63) is 72.3 Å². The van der Waals surface area contributed by atoms with Crippen molar-refractivity contribution in [3.8, 4) is 11.4 Å². The van der Waals surface area contributed by atoms with Crippen LogP contribution in [0.3, 0.4) is 0 Å². The second kappa shape index (κ2) is 9.51. The number of nitrogens with one attached hydrogen (secondary N) is 1. The van der Waals surface area contributed by atoms with Gasteiger partial charge in [0.1, 0.15) is 5.75 Å². The Kier molecular flexibility index (Phi) is 6.54. The van der Waals surface area contributed by atoms with Crippen molar-refractivity contribution in [3.63, 3.8) is 0 Å². The first kappa shape index (κ1) is 22.0. The molecule has 0 radical (unpaired) electrons. The minimum atomic E-state index is -3.74. The normalized spacial score (nSPS) is 14.8. The zero-order valence-electron chi connectivity index (χ0n) is 17.6. The lowest BCUT2D eigenvalue weighted by molar-refractivity contribution is 0.0730. The SMILES string of the molecule is COc1ccc(S(=O)(=O)N2CCOCC2)cc1C(=O)NCc1ccccc1-n1ccnc1. The molecule has 0 bridgehead atoms. The van der Waals surface area contributed by atoms with Crippen LogP contribution in [0.15, 0.2) is 66.1 Å². The number of imidazole rings is 1. The molecular formula is C22H24N4O5S. The summed E-state index contributed by atoms with van der Waals surface area (Å²) in [4.78, 5) is 17.1. The van der Waals surface area contributed by atoms with Crippen LogP contribution in [-0.2, 0) is 21.3 Å². The van der Waals surface area contributed by atoms with Crippen molar-refractivity contribution in [1.29, 1.82) is 0 Å². The second-order valence-electron chi connectivity index (χ2n) is 7.16. The molecule has 10 heteroatoms. The van der Waals surface area contributed by atoms with E-state index in [4.69, 9.17) is 9.47 Å². The number of amides is 1. The van der Waals surface area contributed by atoms with Crippen LogP contribution in [0.25, 0.3) is 5.69 Å². The number of hydrogen-bond donors (Lipinski definition) is 1. The number of carbonyl (C=O) groups is 1. The molecule has 1 saturated heterocycles. The largest absolute Gasteiger partial charge is 0.496 e. The lowest BCUT2D eigenvalue weighted by Gasteiger charge is -2.26. The number of carbonyl (C=O) groups excluding carboxylic acids is 1. The highest BCUT2D eigenvalue weighted by Crippen LogP contribution is 2.25. The van der Waals surface area contributed by atoms with Gasteiger partial charge in [0.05, 0.1) is 42.8 Å². The molecule has 168 valence electrons. The molecule has 9 nitrogen and oxygen atoms in total. The molecule has 32 heavy (non-hydrogen) atoms. The third-order valence-corrected chi connectivity index (χ3v) is 7.13. The zero-order chi connectivity index (χ0) is 22.6. The molecule has 2 aromatic carbocycles. The number of para-hydroxylation sites is 1. The molecule has 0 spiro atoms. The first-order valence-electron chi connectivity index (χ1n) is 10.1. The van der Waals surface area contributed by atoms with Gasteiger partial charge in [-0.2, -0.15) is 4.31 Å². The van der Waals surface area contributed by atoms with Gasteiger partial charge < -0.3 is 19.4 Å². The van der Waals surface area contributed by atoms with E-state index in [1.807, 2.05) is 35.0 Å². The predicted molar refractivity (Wildman–Crippen MR) is 117 cm³/mol. The molecule has 4 rings (SSSR count). The van der Waals surface area contributed by atoms with Crippen LogP contribution in [0, 0.1) is 0 Å². The minimum absolute atomic E-state index is 0.0455. The molecule has 1 aromatic heterocycles. The highest BCUT2D eigenvalue weighted by molar-refractivity contribution is 7.89. The van der Waals surface area contributed by atoms with Gasteiger partial charge in [0, 0.05) is 32.0 Å². The fourth-order valence-corrected chi connectivity index (χ4v) is 4.98. The fourth-order valence-electron chi connectivity index (χ4n) is 3.55. The van der Waals surface area contributed by atoms with Gasteiger partial charge >= 0.3 is 0 Å². The Morgan fingerprint density at radius 2 is 1.97 bits per heavy atom. The van der Waals surface area contributed by atoms with E-state index in [2.05, 4.69) is 10.3 Å². The van der Waals surface area contributed by atoms with Crippen molar-refractivity contribution in [1.82, 2.24) is 19.2 Å². The molecule has 2 heterocycles. The maximum atomic E-state index is 13.0. The number of benzene rings is 2. The van der Waals surface area contributed by atoms with Crippen molar-refractivity contribution in [2.75, 3.05) is 33.4 Å². The van der Waals surface area contributed by atoms with Crippen LogP contribution < -0.4 is 10.1 Å². The number of aromatic nitrogens is 2. The molecular weight excluding hydrogens is 432 g/mol. The summed E-state index contributed by atoms with van der Waals surface area (Å²) in [7, 11) is -2.30. The van der Waals surface area contributed by atoms with Crippen molar-refractivity contribution < 1.29 is 22.7 Å². The highest BCUT2D eigenvalue weighted by atomic mass is 32.2.